The molecule has 100 valence electrons. The predicted octanol–water partition coefficient (Wildman–Crippen LogP) is 3.28. The molecule has 2 unspecified atom stereocenters. The SMILES string of the molecule is CC(C)NCc1ccccc1N1CC(C)C(C)C1. The number of nitrogens with zero attached hydrogens (tertiary/aromatic N) is 1. The van der Waals surface area contributed by atoms with Crippen molar-refractivity contribution in [2.75, 3.05) is 18.0 Å². The van der Waals surface area contributed by atoms with Gasteiger partial charge in [-0.05, 0) is 23.5 Å². The van der Waals surface area contributed by atoms with Gasteiger partial charge < -0.3 is 10.2 Å². The highest BCUT2D eigenvalue weighted by molar-refractivity contribution is 5.54. The van der Waals surface area contributed by atoms with Crippen LogP contribution in [0.25, 0.3) is 0 Å². The molecule has 1 aromatic rings. The molecule has 1 aliphatic heterocycles. The van der Waals surface area contributed by atoms with Crippen LogP contribution in [0.3, 0.4) is 0 Å². The lowest BCUT2D eigenvalue weighted by atomic mass is 10.0. The Balaban J connectivity index is 2.12. The Hall–Kier alpha value is -1.02. The lowest BCUT2D eigenvalue weighted by molar-refractivity contribution is 0.494. The third-order valence-electron chi connectivity index (χ3n) is 4.02. The van der Waals surface area contributed by atoms with E-state index in [1.54, 1.807) is 0 Å². The second-order valence-corrected chi connectivity index (χ2v) is 6.02. The summed E-state index contributed by atoms with van der Waals surface area (Å²) in [5.74, 6) is 1.60. The molecule has 2 atom stereocenters. The summed E-state index contributed by atoms with van der Waals surface area (Å²) in [7, 11) is 0. The van der Waals surface area contributed by atoms with Crippen LogP contribution < -0.4 is 10.2 Å². The molecule has 2 rings (SSSR count). The van der Waals surface area contributed by atoms with Crippen LogP contribution in [-0.2, 0) is 6.54 Å². The Morgan fingerprint density at radius 3 is 2.39 bits per heavy atom. The van der Waals surface area contributed by atoms with E-state index in [4.69, 9.17) is 0 Å². The normalized spacial score (nSPS) is 23.9. The van der Waals surface area contributed by atoms with Crippen molar-refractivity contribution in [3.63, 3.8) is 0 Å². The molecule has 1 aliphatic rings. The van der Waals surface area contributed by atoms with E-state index in [-0.39, 0.29) is 0 Å². The van der Waals surface area contributed by atoms with Crippen molar-refractivity contribution in [1.82, 2.24) is 5.32 Å². The molecule has 1 heterocycles. The van der Waals surface area contributed by atoms with Gasteiger partial charge in [-0.15, -0.1) is 0 Å². The molecule has 1 saturated heterocycles. The summed E-state index contributed by atoms with van der Waals surface area (Å²) < 4.78 is 0. The molecule has 2 nitrogen and oxygen atoms in total. The van der Waals surface area contributed by atoms with Crippen LogP contribution >= 0.6 is 0 Å². The van der Waals surface area contributed by atoms with Crippen molar-refractivity contribution in [3.8, 4) is 0 Å². The minimum atomic E-state index is 0.537. The summed E-state index contributed by atoms with van der Waals surface area (Å²) >= 11 is 0. The van der Waals surface area contributed by atoms with Crippen LogP contribution in [0.1, 0.15) is 33.3 Å². The summed E-state index contributed by atoms with van der Waals surface area (Å²) in [6, 6.07) is 9.35. The molecule has 1 N–H and O–H groups in total. The zero-order valence-electron chi connectivity index (χ0n) is 12.1. The molecule has 2 heteroatoms. The van der Waals surface area contributed by atoms with E-state index < -0.39 is 0 Å². The van der Waals surface area contributed by atoms with Crippen molar-refractivity contribution >= 4 is 5.69 Å². The van der Waals surface area contributed by atoms with E-state index in [1.807, 2.05) is 0 Å². The maximum Gasteiger partial charge on any atom is 0.0412 e. The molecule has 0 radical (unpaired) electrons. The Kier molecular flexibility index (Phi) is 4.28. The highest BCUT2D eigenvalue weighted by Crippen LogP contribution is 2.30. The molecular formula is C16H26N2. The van der Waals surface area contributed by atoms with Gasteiger partial charge in [0.1, 0.15) is 0 Å². The number of hydrogen-bond acceptors (Lipinski definition) is 2. The zero-order valence-corrected chi connectivity index (χ0v) is 12.1. The molecule has 0 aromatic heterocycles. The van der Waals surface area contributed by atoms with Crippen molar-refractivity contribution in [2.45, 2.75) is 40.3 Å². The van der Waals surface area contributed by atoms with Gasteiger partial charge in [0, 0.05) is 31.4 Å². The van der Waals surface area contributed by atoms with Crippen LogP contribution in [0, 0.1) is 11.8 Å². The molecular weight excluding hydrogens is 220 g/mol. The second kappa shape index (κ2) is 5.75. The van der Waals surface area contributed by atoms with Crippen LogP contribution in [-0.4, -0.2) is 19.1 Å². The summed E-state index contributed by atoms with van der Waals surface area (Å²) in [6.45, 7) is 12.5. The van der Waals surface area contributed by atoms with Crippen LogP contribution in [0.2, 0.25) is 0 Å². The monoisotopic (exact) mass is 246 g/mol. The lowest BCUT2D eigenvalue weighted by Crippen LogP contribution is -2.25. The van der Waals surface area contributed by atoms with Crippen molar-refractivity contribution in [2.24, 2.45) is 11.8 Å². The van der Waals surface area contributed by atoms with E-state index in [0.717, 1.165) is 18.4 Å². The minimum Gasteiger partial charge on any atom is -0.371 e. The molecule has 0 aliphatic carbocycles. The predicted molar refractivity (Wildman–Crippen MR) is 79.0 cm³/mol. The van der Waals surface area contributed by atoms with E-state index >= 15 is 0 Å². The topological polar surface area (TPSA) is 15.3 Å². The van der Waals surface area contributed by atoms with Crippen molar-refractivity contribution < 1.29 is 0 Å². The molecule has 0 spiro atoms. The van der Waals surface area contributed by atoms with Gasteiger partial charge >= 0.3 is 0 Å². The van der Waals surface area contributed by atoms with E-state index in [9.17, 15) is 0 Å². The van der Waals surface area contributed by atoms with Gasteiger partial charge in [0.05, 0.1) is 0 Å². The van der Waals surface area contributed by atoms with Gasteiger partial charge in [-0.2, -0.15) is 0 Å². The molecule has 18 heavy (non-hydrogen) atoms. The maximum atomic E-state index is 3.52. The quantitative estimate of drug-likeness (QED) is 0.877. The first-order valence-corrected chi connectivity index (χ1v) is 7.14. The standard InChI is InChI=1S/C16H26N2/c1-12(2)17-9-15-7-5-6-8-16(15)18-10-13(3)14(4)11-18/h5-8,12-14,17H,9-11H2,1-4H3. The average Bonchev–Trinajstić information content (AvgIpc) is 2.67. The number of anilines is 1. The average molecular weight is 246 g/mol. The van der Waals surface area contributed by atoms with E-state index in [1.165, 1.54) is 24.3 Å². The van der Waals surface area contributed by atoms with Crippen LogP contribution in [0.4, 0.5) is 5.69 Å². The molecule has 0 amide bonds. The van der Waals surface area contributed by atoms with Gasteiger partial charge in [0.15, 0.2) is 0 Å². The Labute approximate surface area is 111 Å². The molecule has 0 bridgehead atoms. The summed E-state index contributed by atoms with van der Waals surface area (Å²) in [4.78, 5) is 2.55. The fraction of sp³-hybridized carbons (Fsp3) is 0.625. The summed E-state index contributed by atoms with van der Waals surface area (Å²) in [5.41, 5.74) is 2.84. The first-order valence-electron chi connectivity index (χ1n) is 7.14. The second-order valence-electron chi connectivity index (χ2n) is 6.02. The first-order chi connectivity index (χ1) is 8.58. The third kappa shape index (κ3) is 3.05. The first kappa shape index (κ1) is 13.4. The largest absolute Gasteiger partial charge is 0.371 e. The highest BCUT2D eigenvalue weighted by Gasteiger charge is 2.27. The maximum absolute atomic E-state index is 3.52. The van der Waals surface area contributed by atoms with Gasteiger partial charge in [0.25, 0.3) is 0 Å². The number of hydrogen-bond donors (Lipinski definition) is 1. The van der Waals surface area contributed by atoms with Crippen LogP contribution in [0.5, 0.6) is 0 Å². The van der Waals surface area contributed by atoms with Gasteiger partial charge in [-0.1, -0.05) is 45.9 Å². The molecule has 1 aromatic carbocycles. The highest BCUT2D eigenvalue weighted by atomic mass is 15.2. The third-order valence-corrected chi connectivity index (χ3v) is 4.02. The summed E-state index contributed by atoms with van der Waals surface area (Å²) in [6.07, 6.45) is 0. The number of para-hydroxylation sites is 1. The minimum absolute atomic E-state index is 0.537. The van der Waals surface area contributed by atoms with Crippen LogP contribution in [0.15, 0.2) is 24.3 Å². The smallest absolute Gasteiger partial charge is 0.0412 e. The van der Waals surface area contributed by atoms with Crippen molar-refractivity contribution in [1.29, 1.82) is 0 Å². The fourth-order valence-electron chi connectivity index (χ4n) is 2.61. The molecule has 1 fully saturated rings. The van der Waals surface area contributed by atoms with Gasteiger partial charge in [-0.3, -0.25) is 0 Å². The van der Waals surface area contributed by atoms with Gasteiger partial charge in [-0.25, -0.2) is 0 Å². The Morgan fingerprint density at radius 2 is 1.78 bits per heavy atom. The Bertz CT molecular complexity index is 376. The fourth-order valence-corrected chi connectivity index (χ4v) is 2.61. The van der Waals surface area contributed by atoms with Crippen molar-refractivity contribution in [3.05, 3.63) is 29.8 Å². The van der Waals surface area contributed by atoms with E-state index in [0.29, 0.717) is 6.04 Å². The van der Waals surface area contributed by atoms with E-state index in [2.05, 4.69) is 62.2 Å². The Morgan fingerprint density at radius 1 is 1.17 bits per heavy atom. The van der Waals surface area contributed by atoms with Gasteiger partial charge in [0.2, 0.25) is 0 Å². The number of nitrogens with one attached hydrogen (secondary N) is 1. The lowest BCUT2D eigenvalue weighted by Gasteiger charge is -2.22. The number of rotatable bonds is 4. The summed E-state index contributed by atoms with van der Waals surface area (Å²) in [5, 5.41) is 3.52. The number of benzene rings is 1. The zero-order chi connectivity index (χ0) is 13.1. The molecule has 0 saturated carbocycles.